The SMILES string of the molecule is C=C(C)/C(C)=C(\CC)C(O)C1CCCCC1. The molecule has 1 rings (SSSR count). The summed E-state index contributed by atoms with van der Waals surface area (Å²) < 4.78 is 0. The molecule has 1 saturated carbocycles. The van der Waals surface area contributed by atoms with Crippen LogP contribution in [0.15, 0.2) is 23.3 Å². The van der Waals surface area contributed by atoms with Gasteiger partial charge < -0.3 is 5.11 Å². The Kier molecular flexibility index (Phi) is 5.27. The summed E-state index contributed by atoms with van der Waals surface area (Å²) >= 11 is 0. The van der Waals surface area contributed by atoms with Gasteiger partial charge in [0.25, 0.3) is 0 Å². The van der Waals surface area contributed by atoms with Crippen LogP contribution in [0.3, 0.4) is 0 Å². The summed E-state index contributed by atoms with van der Waals surface area (Å²) in [5.41, 5.74) is 3.51. The number of rotatable bonds is 4. The molecule has 1 atom stereocenters. The third kappa shape index (κ3) is 3.21. The van der Waals surface area contributed by atoms with Gasteiger partial charge in [0, 0.05) is 0 Å². The molecule has 92 valence electrons. The molecule has 1 fully saturated rings. The lowest BCUT2D eigenvalue weighted by Crippen LogP contribution is -2.25. The van der Waals surface area contributed by atoms with Gasteiger partial charge in [-0.25, -0.2) is 0 Å². The topological polar surface area (TPSA) is 20.2 Å². The van der Waals surface area contributed by atoms with Gasteiger partial charge in [0.15, 0.2) is 0 Å². The molecule has 1 N–H and O–H groups in total. The Morgan fingerprint density at radius 2 is 1.81 bits per heavy atom. The number of hydrogen-bond acceptors (Lipinski definition) is 1. The summed E-state index contributed by atoms with van der Waals surface area (Å²) in [7, 11) is 0. The van der Waals surface area contributed by atoms with Gasteiger partial charge in [-0.05, 0) is 50.2 Å². The van der Waals surface area contributed by atoms with Crippen molar-refractivity contribution in [3.05, 3.63) is 23.3 Å². The molecule has 0 radical (unpaired) electrons. The van der Waals surface area contributed by atoms with E-state index in [9.17, 15) is 5.11 Å². The van der Waals surface area contributed by atoms with Crippen LogP contribution in [0.25, 0.3) is 0 Å². The third-order valence-corrected chi connectivity index (χ3v) is 3.96. The minimum Gasteiger partial charge on any atom is -0.388 e. The van der Waals surface area contributed by atoms with Crippen LogP contribution in [0.5, 0.6) is 0 Å². The summed E-state index contributed by atoms with van der Waals surface area (Å²) in [5, 5.41) is 10.5. The number of allylic oxidation sites excluding steroid dienone is 2. The van der Waals surface area contributed by atoms with Crippen LogP contribution in [0.2, 0.25) is 0 Å². The molecule has 1 unspecified atom stereocenters. The Bertz CT molecular complexity index is 269. The van der Waals surface area contributed by atoms with E-state index in [0.29, 0.717) is 5.92 Å². The zero-order valence-corrected chi connectivity index (χ0v) is 11.1. The molecule has 0 aromatic carbocycles. The molecule has 0 aliphatic heterocycles. The Morgan fingerprint density at radius 3 is 2.25 bits per heavy atom. The molecular weight excluding hydrogens is 196 g/mol. The summed E-state index contributed by atoms with van der Waals surface area (Å²) in [5.74, 6) is 0.484. The van der Waals surface area contributed by atoms with Crippen LogP contribution < -0.4 is 0 Å². The van der Waals surface area contributed by atoms with Crippen LogP contribution in [0.1, 0.15) is 59.3 Å². The van der Waals surface area contributed by atoms with Crippen molar-refractivity contribution < 1.29 is 5.11 Å². The van der Waals surface area contributed by atoms with Gasteiger partial charge in [-0.1, -0.05) is 38.3 Å². The van der Waals surface area contributed by atoms with Crippen LogP contribution in [0.4, 0.5) is 0 Å². The van der Waals surface area contributed by atoms with Crippen molar-refractivity contribution in [3.63, 3.8) is 0 Å². The van der Waals surface area contributed by atoms with Gasteiger partial charge in [0.1, 0.15) is 0 Å². The zero-order chi connectivity index (χ0) is 12.1. The maximum absolute atomic E-state index is 10.5. The quantitative estimate of drug-likeness (QED) is 0.706. The van der Waals surface area contributed by atoms with E-state index in [4.69, 9.17) is 0 Å². The normalized spacial score (nSPS) is 21.5. The van der Waals surface area contributed by atoms with Gasteiger partial charge in [0.05, 0.1) is 6.10 Å². The van der Waals surface area contributed by atoms with Crippen LogP contribution in [0, 0.1) is 5.92 Å². The molecule has 0 aromatic heterocycles. The molecule has 1 heteroatoms. The number of hydrogen-bond donors (Lipinski definition) is 1. The van der Waals surface area contributed by atoms with Gasteiger partial charge in [-0.3, -0.25) is 0 Å². The second-order valence-corrected chi connectivity index (χ2v) is 5.13. The largest absolute Gasteiger partial charge is 0.388 e. The lowest BCUT2D eigenvalue weighted by molar-refractivity contribution is 0.112. The Hall–Kier alpha value is -0.560. The average molecular weight is 222 g/mol. The fraction of sp³-hybridized carbons (Fsp3) is 0.733. The van der Waals surface area contributed by atoms with Crippen molar-refractivity contribution in [2.45, 2.75) is 65.4 Å². The number of aliphatic hydroxyl groups is 1. The molecule has 0 aromatic rings. The van der Waals surface area contributed by atoms with Gasteiger partial charge >= 0.3 is 0 Å². The highest BCUT2D eigenvalue weighted by Gasteiger charge is 2.24. The van der Waals surface area contributed by atoms with Crippen molar-refractivity contribution in [2.75, 3.05) is 0 Å². The van der Waals surface area contributed by atoms with E-state index in [2.05, 4.69) is 20.4 Å². The molecule has 1 nitrogen and oxygen atoms in total. The zero-order valence-electron chi connectivity index (χ0n) is 11.1. The minimum absolute atomic E-state index is 0.234. The number of aliphatic hydroxyl groups excluding tert-OH is 1. The Labute approximate surface area is 100 Å². The Balaban J connectivity index is 2.79. The highest BCUT2D eigenvalue weighted by Crippen LogP contribution is 2.32. The lowest BCUT2D eigenvalue weighted by atomic mass is 9.80. The summed E-state index contributed by atoms with van der Waals surface area (Å²) in [4.78, 5) is 0. The highest BCUT2D eigenvalue weighted by atomic mass is 16.3. The summed E-state index contributed by atoms with van der Waals surface area (Å²) in [6.07, 6.45) is 6.99. The third-order valence-electron chi connectivity index (χ3n) is 3.96. The maximum atomic E-state index is 10.5. The van der Waals surface area contributed by atoms with E-state index in [1.54, 1.807) is 0 Å². The molecular formula is C15H26O. The fourth-order valence-corrected chi connectivity index (χ4v) is 2.70. The van der Waals surface area contributed by atoms with Gasteiger partial charge in [-0.2, -0.15) is 0 Å². The predicted octanol–water partition coefficient (Wildman–Crippen LogP) is 4.23. The first kappa shape index (κ1) is 13.5. The molecule has 1 aliphatic rings. The molecule has 0 heterocycles. The van der Waals surface area contributed by atoms with E-state index in [1.807, 2.05) is 6.92 Å². The van der Waals surface area contributed by atoms with Crippen molar-refractivity contribution >= 4 is 0 Å². The monoisotopic (exact) mass is 222 g/mol. The van der Waals surface area contributed by atoms with E-state index in [1.165, 1.54) is 43.3 Å². The first-order valence-electron chi connectivity index (χ1n) is 6.61. The smallest absolute Gasteiger partial charge is 0.0783 e. The molecule has 0 saturated heterocycles. The van der Waals surface area contributed by atoms with Crippen LogP contribution in [-0.2, 0) is 0 Å². The fourth-order valence-electron chi connectivity index (χ4n) is 2.70. The van der Waals surface area contributed by atoms with E-state index in [-0.39, 0.29) is 6.10 Å². The van der Waals surface area contributed by atoms with Crippen LogP contribution >= 0.6 is 0 Å². The van der Waals surface area contributed by atoms with Crippen molar-refractivity contribution in [2.24, 2.45) is 5.92 Å². The van der Waals surface area contributed by atoms with Crippen molar-refractivity contribution in [1.82, 2.24) is 0 Å². The van der Waals surface area contributed by atoms with E-state index in [0.717, 1.165) is 12.0 Å². The summed E-state index contributed by atoms with van der Waals surface area (Å²) in [6.45, 7) is 10.2. The van der Waals surface area contributed by atoms with Crippen molar-refractivity contribution in [1.29, 1.82) is 0 Å². The van der Waals surface area contributed by atoms with Gasteiger partial charge in [-0.15, -0.1) is 0 Å². The van der Waals surface area contributed by atoms with E-state index >= 15 is 0 Å². The maximum Gasteiger partial charge on any atom is 0.0783 e. The van der Waals surface area contributed by atoms with Crippen LogP contribution in [-0.4, -0.2) is 11.2 Å². The second-order valence-electron chi connectivity index (χ2n) is 5.13. The van der Waals surface area contributed by atoms with Gasteiger partial charge in [0.2, 0.25) is 0 Å². The molecule has 0 bridgehead atoms. The molecule has 1 aliphatic carbocycles. The predicted molar refractivity (Wildman–Crippen MR) is 70.4 cm³/mol. The standard InChI is InChI=1S/C15H26O/c1-5-14(12(4)11(2)3)15(16)13-9-7-6-8-10-13/h13,15-16H,2,5-10H2,1,3-4H3/b14-12+. The Morgan fingerprint density at radius 1 is 1.25 bits per heavy atom. The first-order chi connectivity index (χ1) is 7.57. The minimum atomic E-state index is -0.234. The second kappa shape index (κ2) is 6.24. The molecule has 0 spiro atoms. The average Bonchev–Trinajstić information content (AvgIpc) is 2.30. The molecule has 16 heavy (non-hydrogen) atoms. The van der Waals surface area contributed by atoms with Crippen molar-refractivity contribution in [3.8, 4) is 0 Å². The van der Waals surface area contributed by atoms with E-state index < -0.39 is 0 Å². The highest BCUT2D eigenvalue weighted by molar-refractivity contribution is 5.32. The molecule has 0 amide bonds. The first-order valence-corrected chi connectivity index (χ1v) is 6.61. The summed E-state index contributed by atoms with van der Waals surface area (Å²) in [6, 6.07) is 0. The lowest BCUT2D eigenvalue weighted by Gasteiger charge is -2.29.